The van der Waals surface area contributed by atoms with Crippen LogP contribution in [0.5, 0.6) is 0 Å². The maximum absolute atomic E-state index is 11.5. The lowest BCUT2D eigenvalue weighted by atomic mass is 9.96. The molecule has 1 heterocycles. The number of nitrogens with one attached hydrogen (secondary N) is 2. The van der Waals surface area contributed by atoms with E-state index < -0.39 is 5.41 Å². The minimum atomic E-state index is -0.498. The molecule has 4 nitrogen and oxygen atoms in total. The van der Waals surface area contributed by atoms with Crippen LogP contribution >= 0.6 is 0 Å². The summed E-state index contributed by atoms with van der Waals surface area (Å²) in [6.07, 6.45) is 1.52. The van der Waals surface area contributed by atoms with Gasteiger partial charge in [0.2, 0.25) is 5.91 Å². The Labute approximate surface area is 82.3 Å². The fourth-order valence-electron chi connectivity index (χ4n) is 0.830. The molecule has 0 aromatic carbocycles. The molecule has 14 heavy (non-hydrogen) atoms. The number of aromatic amines is 1. The molecule has 0 radical (unpaired) electrons. The summed E-state index contributed by atoms with van der Waals surface area (Å²) < 4.78 is 0. The average molecular weight is 194 g/mol. The van der Waals surface area contributed by atoms with Crippen molar-refractivity contribution in [1.29, 1.82) is 0 Å². The third-order valence-electron chi connectivity index (χ3n) is 1.75. The highest BCUT2D eigenvalue weighted by Crippen LogP contribution is 2.14. The Bertz CT molecular complexity index is 388. The van der Waals surface area contributed by atoms with Crippen molar-refractivity contribution in [2.45, 2.75) is 20.8 Å². The van der Waals surface area contributed by atoms with Gasteiger partial charge in [-0.15, -0.1) is 0 Å². The molecule has 0 aliphatic heterocycles. The highest BCUT2D eigenvalue weighted by atomic mass is 16.2. The molecule has 0 bridgehead atoms. The zero-order chi connectivity index (χ0) is 10.8. The minimum Gasteiger partial charge on any atom is -0.327 e. The predicted octanol–water partition coefficient (Wildman–Crippen LogP) is 1.36. The summed E-state index contributed by atoms with van der Waals surface area (Å²) in [5, 5.41) is 2.57. The first kappa shape index (κ1) is 10.5. The van der Waals surface area contributed by atoms with E-state index in [1.165, 1.54) is 6.20 Å². The van der Waals surface area contributed by atoms with Gasteiger partial charge < -0.3 is 10.3 Å². The van der Waals surface area contributed by atoms with E-state index in [-0.39, 0.29) is 17.2 Å². The van der Waals surface area contributed by atoms with Crippen LogP contribution < -0.4 is 10.9 Å². The number of carbonyl (C=O) groups excluding carboxylic acids is 1. The van der Waals surface area contributed by atoms with E-state index >= 15 is 0 Å². The zero-order valence-corrected chi connectivity index (χ0v) is 8.55. The van der Waals surface area contributed by atoms with Crippen LogP contribution in [0.1, 0.15) is 20.8 Å². The van der Waals surface area contributed by atoms with Crippen LogP contribution in [0.2, 0.25) is 0 Å². The van der Waals surface area contributed by atoms with Crippen molar-refractivity contribution in [3.63, 3.8) is 0 Å². The minimum absolute atomic E-state index is 0.172. The number of anilines is 1. The van der Waals surface area contributed by atoms with Gasteiger partial charge in [-0.2, -0.15) is 0 Å². The molecule has 1 amide bonds. The van der Waals surface area contributed by atoms with Gasteiger partial charge in [-0.3, -0.25) is 9.59 Å². The highest BCUT2D eigenvalue weighted by molar-refractivity contribution is 5.94. The van der Waals surface area contributed by atoms with Crippen molar-refractivity contribution in [2.24, 2.45) is 5.41 Å². The molecule has 0 fully saturated rings. The molecule has 1 aromatic rings. The molecule has 0 spiro atoms. The summed E-state index contributed by atoms with van der Waals surface area (Å²) in [4.78, 5) is 25.2. The maximum Gasteiger partial charge on any atom is 0.271 e. The average Bonchev–Trinajstić information content (AvgIpc) is 2.07. The monoisotopic (exact) mass is 194 g/mol. The molecule has 0 aliphatic rings. The Morgan fingerprint density at radius 1 is 1.43 bits per heavy atom. The zero-order valence-electron chi connectivity index (χ0n) is 8.55. The standard InChI is InChI=1S/C10H14N2O2/c1-10(2,3)9(14)12-7-5-4-6-11-8(7)13/h4-6H,1-3H3,(H,11,13)(H,12,14). The summed E-state index contributed by atoms with van der Waals surface area (Å²) in [7, 11) is 0. The molecule has 0 atom stereocenters. The first-order chi connectivity index (χ1) is 6.41. The lowest BCUT2D eigenvalue weighted by molar-refractivity contribution is -0.123. The van der Waals surface area contributed by atoms with Gasteiger partial charge in [0.25, 0.3) is 5.56 Å². The van der Waals surface area contributed by atoms with Crippen LogP contribution in [0.3, 0.4) is 0 Å². The number of pyridine rings is 1. The molecule has 0 saturated carbocycles. The molecule has 0 aliphatic carbocycles. The van der Waals surface area contributed by atoms with Gasteiger partial charge in [0.15, 0.2) is 0 Å². The maximum atomic E-state index is 11.5. The van der Waals surface area contributed by atoms with E-state index in [1.807, 2.05) is 0 Å². The van der Waals surface area contributed by atoms with Crippen LogP contribution in [0, 0.1) is 5.41 Å². The first-order valence-electron chi connectivity index (χ1n) is 4.40. The van der Waals surface area contributed by atoms with Gasteiger partial charge >= 0.3 is 0 Å². The van der Waals surface area contributed by atoms with Crippen molar-refractivity contribution in [3.8, 4) is 0 Å². The molecule has 0 unspecified atom stereocenters. The molecule has 4 heteroatoms. The number of hydrogen-bond acceptors (Lipinski definition) is 2. The van der Waals surface area contributed by atoms with Crippen molar-refractivity contribution >= 4 is 11.6 Å². The van der Waals surface area contributed by atoms with Gasteiger partial charge in [-0.1, -0.05) is 20.8 Å². The summed E-state index contributed by atoms with van der Waals surface area (Å²) >= 11 is 0. The van der Waals surface area contributed by atoms with E-state index in [1.54, 1.807) is 32.9 Å². The molecular weight excluding hydrogens is 180 g/mol. The number of aromatic nitrogens is 1. The van der Waals surface area contributed by atoms with Gasteiger partial charge in [0, 0.05) is 11.6 Å². The van der Waals surface area contributed by atoms with E-state index in [0.29, 0.717) is 0 Å². The predicted molar refractivity (Wildman–Crippen MR) is 55.1 cm³/mol. The smallest absolute Gasteiger partial charge is 0.271 e. The molecule has 1 rings (SSSR count). The number of amides is 1. The third kappa shape index (κ3) is 2.45. The topological polar surface area (TPSA) is 62.0 Å². The number of carbonyl (C=O) groups is 1. The van der Waals surface area contributed by atoms with E-state index in [0.717, 1.165) is 0 Å². The fourth-order valence-corrected chi connectivity index (χ4v) is 0.830. The summed E-state index contributed by atoms with van der Waals surface area (Å²) in [5.74, 6) is -0.172. The van der Waals surface area contributed by atoms with Gasteiger partial charge in [0.05, 0.1) is 0 Å². The van der Waals surface area contributed by atoms with Gasteiger partial charge in [0.1, 0.15) is 5.69 Å². The van der Waals surface area contributed by atoms with Crippen molar-refractivity contribution in [1.82, 2.24) is 4.98 Å². The molecule has 1 aromatic heterocycles. The van der Waals surface area contributed by atoms with Crippen molar-refractivity contribution in [3.05, 3.63) is 28.7 Å². The van der Waals surface area contributed by atoms with Crippen LogP contribution in [-0.4, -0.2) is 10.9 Å². The Morgan fingerprint density at radius 3 is 2.57 bits per heavy atom. The van der Waals surface area contributed by atoms with Crippen LogP contribution in [0.25, 0.3) is 0 Å². The second-order valence-corrected chi connectivity index (χ2v) is 4.12. The molecule has 0 saturated heterocycles. The van der Waals surface area contributed by atoms with Crippen molar-refractivity contribution in [2.75, 3.05) is 5.32 Å². The highest BCUT2D eigenvalue weighted by Gasteiger charge is 2.21. The molecular formula is C10H14N2O2. The second kappa shape index (κ2) is 3.65. The van der Waals surface area contributed by atoms with E-state index in [4.69, 9.17) is 0 Å². The molecule has 2 N–H and O–H groups in total. The second-order valence-electron chi connectivity index (χ2n) is 4.12. The van der Waals surface area contributed by atoms with Crippen LogP contribution in [0.15, 0.2) is 23.1 Å². The third-order valence-corrected chi connectivity index (χ3v) is 1.75. The summed E-state index contributed by atoms with van der Waals surface area (Å²) in [6, 6.07) is 3.24. The Morgan fingerprint density at radius 2 is 2.07 bits per heavy atom. The summed E-state index contributed by atoms with van der Waals surface area (Å²) in [5.41, 5.74) is -0.500. The SMILES string of the molecule is CC(C)(C)C(=O)Nc1ccc[nH]c1=O. The fraction of sp³-hybridized carbons (Fsp3) is 0.400. The largest absolute Gasteiger partial charge is 0.327 e. The first-order valence-corrected chi connectivity index (χ1v) is 4.40. The van der Waals surface area contributed by atoms with Crippen molar-refractivity contribution < 1.29 is 4.79 Å². The van der Waals surface area contributed by atoms with E-state index in [9.17, 15) is 9.59 Å². The molecule has 76 valence electrons. The summed E-state index contributed by atoms with van der Waals surface area (Å²) in [6.45, 7) is 5.37. The van der Waals surface area contributed by atoms with Crippen LogP contribution in [-0.2, 0) is 4.79 Å². The number of rotatable bonds is 1. The van der Waals surface area contributed by atoms with Crippen LogP contribution in [0.4, 0.5) is 5.69 Å². The Balaban J connectivity index is 2.86. The number of hydrogen-bond donors (Lipinski definition) is 2. The lowest BCUT2D eigenvalue weighted by Crippen LogP contribution is -2.30. The Kier molecular flexibility index (Phi) is 2.74. The quantitative estimate of drug-likeness (QED) is 0.709. The lowest BCUT2D eigenvalue weighted by Gasteiger charge is -2.16. The van der Waals surface area contributed by atoms with Gasteiger partial charge in [-0.05, 0) is 12.1 Å². The normalized spacial score (nSPS) is 11.1. The Hall–Kier alpha value is -1.58. The number of H-pyrrole nitrogens is 1. The van der Waals surface area contributed by atoms with E-state index in [2.05, 4.69) is 10.3 Å². The van der Waals surface area contributed by atoms with Gasteiger partial charge in [-0.25, -0.2) is 0 Å².